The van der Waals surface area contributed by atoms with Crippen LogP contribution >= 0.6 is 0 Å². The van der Waals surface area contributed by atoms with E-state index in [4.69, 9.17) is 5.73 Å². The van der Waals surface area contributed by atoms with Crippen LogP contribution in [0, 0.1) is 0 Å². The van der Waals surface area contributed by atoms with Crippen molar-refractivity contribution in [3.63, 3.8) is 0 Å². The molecule has 1 fully saturated rings. The first-order chi connectivity index (χ1) is 9.20. The van der Waals surface area contributed by atoms with E-state index in [0.29, 0.717) is 6.42 Å². The summed E-state index contributed by atoms with van der Waals surface area (Å²) in [5.41, 5.74) is 6.05. The summed E-state index contributed by atoms with van der Waals surface area (Å²) in [6.45, 7) is 2.50. The summed E-state index contributed by atoms with van der Waals surface area (Å²) in [6.07, 6.45) is 5.33. The number of carbonyl (C=O) groups is 1. The molecule has 4 heteroatoms. The predicted octanol–water partition coefficient (Wildman–Crippen LogP) is 2.31. The van der Waals surface area contributed by atoms with Crippen LogP contribution in [-0.4, -0.2) is 33.2 Å². The molecule has 1 aromatic carbocycles. The van der Waals surface area contributed by atoms with Crippen LogP contribution in [-0.2, 0) is 9.53 Å². The molecule has 0 spiro atoms. The van der Waals surface area contributed by atoms with Crippen molar-refractivity contribution >= 4 is 12.0 Å². The number of hydrogen-bond donors (Lipinski definition) is 2. The number of rotatable bonds is 3. The van der Waals surface area contributed by atoms with Crippen molar-refractivity contribution in [1.82, 2.24) is 5.32 Å². The van der Waals surface area contributed by atoms with E-state index in [1.165, 1.54) is 19.5 Å². The first-order valence-corrected chi connectivity index (χ1v) is 6.31. The molecule has 3 N–H and O–H groups in total. The van der Waals surface area contributed by atoms with E-state index >= 15 is 0 Å². The van der Waals surface area contributed by atoms with Gasteiger partial charge < -0.3 is 15.8 Å². The molecule has 0 aliphatic carbocycles. The second-order valence-electron chi connectivity index (χ2n) is 4.00. The molecular weight excluding hydrogens is 240 g/mol. The molecule has 0 radical (unpaired) electrons. The summed E-state index contributed by atoms with van der Waals surface area (Å²) in [4.78, 5) is 10.4. The van der Waals surface area contributed by atoms with Gasteiger partial charge in [0.25, 0.3) is 0 Å². The lowest BCUT2D eigenvalue weighted by Crippen LogP contribution is -2.29. The van der Waals surface area contributed by atoms with Crippen molar-refractivity contribution in [2.24, 2.45) is 5.73 Å². The Morgan fingerprint density at radius 3 is 2.21 bits per heavy atom. The maximum atomic E-state index is 10.4. The van der Waals surface area contributed by atoms with Crippen LogP contribution in [0.1, 0.15) is 21.3 Å². The van der Waals surface area contributed by atoms with E-state index in [2.05, 4.69) is 10.1 Å². The largest absolute Gasteiger partial charge is 0.388 e. The number of primary amides is 1. The molecule has 4 nitrogen and oxygen atoms in total. The third kappa shape index (κ3) is 12.6. The molecule has 2 rings (SSSR count). The summed E-state index contributed by atoms with van der Waals surface area (Å²) in [5, 5.41) is 3.11. The minimum atomic E-state index is -0.304. The molecule has 1 heterocycles. The van der Waals surface area contributed by atoms with Gasteiger partial charge in [0.05, 0.1) is 0 Å². The highest BCUT2D eigenvalue weighted by Gasteiger charge is 1.92. The van der Waals surface area contributed by atoms with Crippen molar-refractivity contribution < 1.29 is 12.4 Å². The third-order valence-corrected chi connectivity index (χ3v) is 2.14. The molecule has 0 saturated carbocycles. The molecule has 0 aromatic heterocycles. The van der Waals surface area contributed by atoms with Crippen molar-refractivity contribution in [2.75, 3.05) is 27.3 Å². The van der Waals surface area contributed by atoms with E-state index in [1.807, 2.05) is 36.4 Å². The number of ether oxygens (including phenoxy) is 1. The molecule has 1 aliphatic heterocycles. The molecule has 1 amide bonds. The molecule has 110 valence electrons. The van der Waals surface area contributed by atoms with Crippen molar-refractivity contribution in [3.8, 4) is 0 Å². The van der Waals surface area contributed by atoms with Crippen LogP contribution in [0.4, 0.5) is 0 Å². The van der Waals surface area contributed by atoms with Crippen LogP contribution in [0.5, 0.6) is 0 Å². The van der Waals surface area contributed by atoms with E-state index in [9.17, 15) is 4.79 Å². The molecule has 1 aromatic rings. The fourth-order valence-corrected chi connectivity index (χ4v) is 1.05. The first-order valence-electron chi connectivity index (χ1n) is 6.31. The summed E-state index contributed by atoms with van der Waals surface area (Å²) >= 11 is 0. The van der Waals surface area contributed by atoms with E-state index < -0.39 is 0 Å². The van der Waals surface area contributed by atoms with Gasteiger partial charge in [-0.25, -0.2) is 0 Å². The Bertz CT molecular complexity index is 352. The molecule has 0 unspecified atom stereocenters. The van der Waals surface area contributed by atoms with Gasteiger partial charge in [-0.1, -0.05) is 42.5 Å². The molecule has 1 saturated heterocycles. The van der Waals surface area contributed by atoms with Crippen LogP contribution < -0.4 is 11.1 Å². The SMILES string of the molecule is C1CNC1.COC.NC(=O)C/C=C/c1ccccc1.[HH].[HH]. The van der Waals surface area contributed by atoms with Gasteiger partial charge in [-0.15, -0.1) is 0 Å². The Kier molecular flexibility index (Phi) is 11.7. The lowest BCUT2D eigenvalue weighted by atomic mass is 10.2. The Hall–Kier alpha value is -1.65. The maximum Gasteiger partial charge on any atom is 0.221 e. The highest BCUT2D eigenvalue weighted by atomic mass is 16.4. The lowest BCUT2D eigenvalue weighted by Gasteiger charge is -2.09. The zero-order valence-corrected chi connectivity index (χ0v) is 11.8. The zero-order chi connectivity index (χ0) is 14.3. The van der Waals surface area contributed by atoms with Gasteiger partial charge in [-0.2, -0.15) is 0 Å². The second kappa shape index (κ2) is 12.8. The number of nitrogens with two attached hydrogens (primary N) is 1. The Morgan fingerprint density at radius 1 is 1.37 bits per heavy atom. The van der Waals surface area contributed by atoms with E-state index in [0.717, 1.165) is 5.56 Å². The lowest BCUT2D eigenvalue weighted by molar-refractivity contribution is -0.117. The summed E-state index contributed by atoms with van der Waals surface area (Å²) < 4.78 is 4.25. The highest BCUT2D eigenvalue weighted by Crippen LogP contribution is 2.01. The zero-order valence-electron chi connectivity index (χ0n) is 11.8. The van der Waals surface area contributed by atoms with Gasteiger partial charge >= 0.3 is 0 Å². The predicted molar refractivity (Wildman–Crippen MR) is 83.9 cm³/mol. The quantitative estimate of drug-likeness (QED) is 0.884. The van der Waals surface area contributed by atoms with Gasteiger partial charge in [-0.05, 0) is 25.1 Å². The number of methoxy groups -OCH3 is 1. The van der Waals surface area contributed by atoms with Crippen LogP contribution in [0.15, 0.2) is 36.4 Å². The van der Waals surface area contributed by atoms with Crippen molar-refractivity contribution in [3.05, 3.63) is 42.0 Å². The van der Waals surface area contributed by atoms with Crippen molar-refractivity contribution in [1.29, 1.82) is 0 Å². The third-order valence-electron chi connectivity index (χ3n) is 2.14. The number of carbonyl (C=O) groups excluding carboxylic acids is 1. The fourth-order valence-electron chi connectivity index (χ4n) is 1.05. The number of amides is 1. The van der Waals surface area contributed by atoms with Crippen LogP contribution in [0.25, 0.3) is 6.08 Å². The Labute approximate surface area is 118 Å². The molecular formula is C15H28N2O2. The molecule has 0 bridgehead atoms. The minimum Gasteiger partial charge on any atom is -0.388 e. The summed E-state index contributed by atoms with van der Waals surface area (Å²) in [5.74, 6) is -0.304. The highest BCUT2D eigenvalue weighted by molar-refractivity contribution is 5.76. The topological polar surface area (TPSA) is 64.3 Å². The molecule has 1 aliphatic rings. The smallest absolute Gasteiger partial charge is 0.221 e. The van der Waals surface area contributed by atoms with Gasteiger partial charge in [0.1, 0.15) is 0 Å². The van der Waals surface area contributed by atoms with Crippen molar-refractivity contribution in [2.45, 2.75) is 12.8 Å². The number of hydrogen-bond acceptors (Lipinski definition) is 3. The van der Waals surface area contributed by atoms with Gasteiger partial charge in [0.2, 0.25) is 5.91 Å². The van der Waals surface area contributed by atoms with Crippen LogP contribution in [0.2, 0.25) is 0 Å². The van der Waals surface area contributed by atoms with Gasteiger partial charge in [0, 0.05) is 23.5 Å². The first kappa shape index (κ1) is 17.4. The Morgan fingerprint density at radius 2 is 1.84 bits per heavy atom. The molecule has 0 atom stereocenters. The van der Waals surface area contributed by atoms with Gasteiger partial charge in [-0.3, -0.25) is 4.79 Å². The average Bonchev–Trinajstić information content (AvgIpc) is 2.28. The standard InChI is InChI=1S/C10H11NO.C3H7N.C2H6O.2H2/c11-10(12)8-4-7-9-5-2-1-3-6-9;1-2-4-3-1;1-3-2;;/h1-7H,8H2,(H2,11,12);4H,1-3H2;1-2H3;2*1H/b7-4+;;;;. The number of nitrogens with one attached hydrogen (secondary N) is 1. The van der Waals surface area contributed by atoms with E-state index in [-0.39, 0.29) is 8.76 Å². The minimum absolute atomic E-state index is 0. The second-order valence-corrected chi connectivity index (χ2v) is 4.00. The van der Waals surface area contributed by atoms with Crippen LogP contribution in [0.3, 0.4) is 0 Å². The summed E-state index contributed by atoms with van der Waals surface area (Å²) in [6, 6.07) is 9.79. The average molecular weight is 268 g/mol. The van der Waals surface area contributed by atoms with E-state index in [1.54, 1.807) is 20.3 Å². The van der Waals surface area contributed by atoms with Gasteiger partial charge in [0.15, 0.2) is 0 Å². The monoisotopic (exact) mass is 268 g/mol. The fraction of sp³-hybridized carbons (Fsp3) is 0.400. The summed E-state index contributed by atoms with van der Waals surface area (Å²) in [7, 11) is 3.25. The normalized spacial score (nSPS) is 12.5. The number of benzene rings is 1. The Balaban J connectivity index is -0.000000302. The molecule has 19 heavy (non-hydrogen) atoms. The maximum absolute atomic E-state index is 10.4.